The van der Waals surface area contributed by atoms with Crippen molar-refractivity contribution < 1.29 is 22.6 Å². The lowest BCUT2D eigenvalue weighted by Gasteiger charge is -2.18. The molecule has 0 saturated heterocycles. The summed E-state index contributed by atoms with van der Waals surface area (Å²) in [4.78, 5) is 0. The Balaban J connectivity index is 3.03. The summed E-state index contributed by atoms with van der Waals surface area (Å²) < 4.78 is 48.6. The topological polar surface area (TPSA) is 44.5 Å². The number of methoxy groups -OCH3 is 1. The van der Waals surface area contributed by atoms with Gasteiger partial charge in [0.15, 0.2) is 0 Å². The number of nitrogens with two attached hydrogens (primary N) is 1. The van der Waals surface area contributed by atoms with E-state index in [0.29, 0.717) is 5.56 Å². The van der Waals surface area contributed by atoms with E-state index in [-0.39, 0.29) is 18.9 Å². The van der Waals surface area contributed by atoms with Crippen LogP contribution in [0.1, 0.15) is 18.1 Å². The molecule has 6 heteroatoms. The summed E-state index contributed by atoms with van der Waals surface area (Å²) in [5, 5.41) is 0. The van der Waals surface area contributed by atoms with Crippen LogP contribution < -0.4 is 10.5 Å². The van der Waals surface area contributed by atoms with Gasteiger partial charge >= 0.3 is 6.18 Å². The van der Waals surface area contributed by atoms with Crippen molar-refractivity contribution >= 4 is 0 Å². The van der Waals surface area contributed by atoms with Crippen LogP contribution in [0, 0.1) is 0 Å². The van der Waals surface area contributed by atoms with Crippen molar-refractivity contribution in [2.75, 3.05) is 13.7 Å². The average molecular weight is 263 g/mol. The van der Waals surface area contributed by atoms with Gasteiger partial charge in [0.2, 0.25) is 0 Å². The van der Waals surface area contributed by atoms with Crippen LogP contribution in [0.5, 0.6) is 5.75 Å². The lowest BCUT2D eigenvalue weighted by Crippen LogP contribution is -2.20. The number of alkyl halides is 3. The second-order valence-electron chi connectivity index (χ2n) is 3.92. The van der Waals surface area contributed by atoms with E-state index in [9.17, 15) is 13.2 Å². The highest BCUT2D eigenvalue weighted by Gasteiger charge is 2.35. The molecule has 1 aromatic rings. The van der Waals surface area contributed by atoms with Gasteiger partial charge in [0.05, 0.1) is 12.2 Å². The monoisotopic (exact) mass is 263 g/mol. The van der Waals surface area contributed by atoms with E-state index in [4.69, 9.17) is 15.2 Å². The Bertz CT molecular complexity index is 393. The number of hydrogen-bond acceptors (Lipinski definition) is 3. The fourth-order valence-corrected chi connectivity index (χ4v) is 1.51. The Labute approximate surface area is 104 Å². The summed E-state index contributed by atoms with van der Waals surface area (Å²) >= 11 is 0. The molecule has 0 saturated carbocycles. The molecule has 1 rings (SSSR count). The normalized spacial score (nSPS) is 13.4. The fourth-order valence-electron chi connectivity index (χ4n) is 1.51. The van der Waals surface area contributed by atoms with Crippen LogP contribution >= 0.6 is 0 Å². The molecule has 0 aliphatic heterocycles. The number of hydrogen-bond donors (Lipinski definition) is 1. The van der Waals surface area contributed by atoms with Crippen molar-refractivity contribution in [3.63, 3.8) is 0 Å². The van der Waals surface area contributed by atoms with Gasteiger partial charge in [-0.25, -0.2) is 0 Å². The largest absolute Gasteiger partial charge is 0.488 e. The van der Waals surface area contributed by atoms with Crippen molar-refractivity contribution in [1.82, 2.24) is 0 Å². The summed E-state index contributed by atoms with van der Waals surface area (Å²) in [6.45, 7) is 1.91. The Morgan fingerprint density at radius 2 is 2.00 bits per heavy atom. The molecule has 18 heavy (non-hydrogen) atoms. The van der Waals surface area contributed by atoms with Gasteiger partial charge in [-0.3, -0.25) is 0 Å². The summed E-state index contributed by atoms with van der Waals surface area (Å²) in [6, 6.07) is 3.82. The molecule has 0 radical (unpaired) electrons. The molecule has 102 valence electrons. The maximum Gasteiger partial charge on any atom is 0.419 e. The van der Waals surface area contributed by atoms with Crippen LogP contribution in [-0.4, -0.2) is 19.8 Å². The molecule has 0 fully saturated rings. The van der Waals surface area contributed by atoms with Crippen molar-refractivity contribution in [1.29, 1.82) is 0 Å². The van der Waals surface area contributed by atoms with Crippen LogP contribution in [0.2, 0.25) is 0 Å². The van der Waals surface area contributed by atoms with Crippen LogP contribution in [0.25, 0.3) is 0 Å². The van der Waals surface area contributed by atoms with Gasteiger partial charge in [-0.2, -0.15) is 13.2 Å². The molecule has 2 N–H and O–H groups in total. The molecule has 1 atom stereocenters. The van der Waals surface area contributed by atoms with E-state index >= 15 is 0 Å². The molecule has 1 aromatic carbocycles. The zero-order valence-corrected chi connectivity index (χ0v) is 10.3. The third-order valence-corrected chi connectivity index (χ3v) is 2.31. The van der Waals surface area contributed by atoms with E-state index in [1.54, 1.807) is 6.92 Å². The molecule has 0 aromatic heterocycles. The quantitative estimate of drug-likeness (QED) is 0.888. The van der Waals surface area contributed by atoms with Gasteiger partial charge in [-0.15, -0.1) is 0 Å². The van der Waals surface area contributed by atoms with Crippen LogP contribution in [0.3, 0.4) is 0 Å². The smallest absolute Gasteiger partial charge is 0.419 e. The molecule has 0 heterocycles. The van der Waals surface area contributed by atoms with Crippen molar-refractivity contribution in [2.45, 2.75) is 25.7 Å². The van der Waals surface area contributed by atoms with E-state index in [0.717, 1.165) is 6.07 Å². The van der Waals surface area contributed by atoms with Gasteiger partial charge in [-0.05, 0) is 24.6 Å². The van der Waals surface area contributed by atoms with Gasteiger partial charge < -0.3 is 15.2 Å². The highest BCUT2D eigenvalue weighted by Crippen LogP contribution is 2.37. The van der Waals surface area contributed by atoms with Gasteiger partial charge in [0.25, 0.3) is 0 Å². The lowest BCUT2D eigenvalue weighted by molar-refractivity contribution is -0.139. The maximum absolute atomic E-state index is 12.8. The van der Waals surface area contributed by atoms with E-state index in [1.165, 1.54) is 19.2 Å². The molecule has 1 unspecified atom stereocenters. The molecule has 0 aliphatic rings. The SMILES string of the molecule is COCC(C)Oc1ccc(CN)cc1C(F)(F)F. The summed E-state index contributed by atoms with van der Waals surface area (Å²) in [5.74, 6) is -0.204. The number of benzene rings is 1. The van der Waals surface area contributed by atoms with Crippen LogP contribution in [0.4, 0.5) is 13.2 Å². The third kappa shape index (κ3) is 3.89. The summed E-state index contributed by atoms with van der Waals surface area (Å²) in [7, 11) is 1.46. The van der Waals surface area contributed by atoms with Crippen molar-refractivity contribution in [3.8, 4) is 5.75 Å². The standard InChI is InChI=1S/C12H16F3NO2/c1-8(7-17-2)18-11-4-3-9(6-16)5-10(11)12(13,14)15/h3-5,8H,6-7,16H2,1-2H3. The predicted octanol–water partition coefficient (Wildman–Crippen LogP) is 2.58. The highest BCUT2D eigenvalue weighted by atomic mass is 19.4. The molecule has 0 aliphatic carbocycles. The predicted molar refractivity (Wildman–Crippen MR) is 61.3 cm³/mol. The minimum absolute atomic E-state index is 0.0526. The molecular formula is C12H16F3NO2. The molecule has 0 amide bonds. The molecule has 0 spiro atoms. The number of halogens is 3. The summed E-state index contributed by atoms with van der Waals surface area (Å²) in [5.41, 5.74) is 4.93. The Morgan fingerprint density at radius 1 is 1.33 bits per heavy atom. The van der Waals surface area contributed by atoms with Gasteiger partial charge in [-0.1, -0.05) is 6.07 Å². The third-order valence-electron chi connectivity index (χ3n) is 2.31. The zero-order chi connectivity index (χ0) is 13.8. The second-order valence-corrected chi connectivity index (χ2v) is 3.92. The second kappa shape index (κ2) is 6.06. The first kappa shape index (κ1) is 14.8. The first-order valence-corrected chi connectivity index (χ1v) is 5.44. The first-order chi connectivity index (χ1) is 8.38. The molecule has 0 bridgehead atoms. The van der Waals surface area contributed by atoms with E-state index < -0.39 is 17.8 Å². The number of rotatable bonds is 5. The minimum atomic E-state index is -4.46. The van der Waals surface area contributed by atoms with Gasteiger partial charge in [0, 0.05) is 13.7 Å². The van der Waals surface area contributed by atoms with Crippen LogP contribution in [0.15, 0.2) is 18.2 Å². The van der Waals surface area contributed by atoms with Crippen molar-refractivity contribution in [3.05, 3.63) is 29.3 Å². The minimum Gasteiger partial charge on any atom is -0.488 e. The van der Waals surface area contributed by atoms with E-state index in [1.807, 2.05) is 0 Å². The highest BCUT2D eigenvalue weighted by molar-refractivity contribution is 5.39. The maximum atomic E-state index is 12.8. The Kier molecular flexibility index (Phi) is 4.98. The number of ether oxygens (including phenoxy) is 2. The van der Waals surface area contributed by atoms with Crippen molar-refractivity contribution in [2.24, 2.45) is 5.73 Å². The summed E-state index contributed by atoms with van der Waals surface area (Å²) in [6.07, 6.45) is -4.92. The Morgan fingerprint density at radius 3 is 2.50 bits per heavy atom. The molecular weight excluding hydrogens is 247 g/mol. The zero-order valence-electron chi connectivity index (χ0n) is 10.3. The lowest BCUT2D eigenvalue weighted by atomic mass is 10.1. The average Bonchev–Trinajstić information content (AvgIpc) is 2.28. The molecule has 3 nitrogen and oxygen atoms in total. The van der Waals surface area contributed by atoms with E-state index in [2.05, 4.69) is 0 Å². The first-order valence-electron chi connectivity index (χ1n) is 5.44. The Hall–Kier alpha value is -1.27. The van der Waals surface area contributed by atoms with Crippen LogP contribution in [-0.2, 0) is 17.5 Å². The fraction of sp³-hybridized carbons (Fsp3) is 0.500. The van der Waals surface area contributed by atoms with Gasteiger partial charge in [0.1, 0.15) is 11.9 Å².